The van der Waals surface area contributed by atoms with Gasteiger partial charge in [-0.2, -0.15) is 0 Å². The molecule has 0 atom stereocenters. The molecule has 0 heterocycles. The summed E-state index contributed by atoms with van der Waals surface area (Å²) in [6.07, 6.45) is 1.81. The molecule has 0 aliphatic heterocycles. The molecule has 0 rings (SSSR count). The Balaban J connectivity index is -0.000000117. The van der Waals surface area contributed by atoms with E-state index in [0.717, 1.165) is 34.9 Å². The first kappa shape index (κ1) is 30.2. The Bertz CT molecular complexity index is 267. The Morgan fingerprint density at radius 2 is 1.13 bits per heavy atom. The number of nitrogens with zero attached hydrogens (tertiary/aromatic N) is 2. The zero-order valence-electron chi connectivity index (χ0n) is 15.9. The second-order valence-electron chi connectivity index (χ2n) is 7.25. The summed E-state index contributed by atoms with van der Waals surface area (Å²) in [7, 11) is 12.7. The quantitative estimate of drug-likeness (QED) is 0.366. The van der Waals surface area contributed by atoms with Gasteiger partial charge >= 0.3 is 0 Å². The van der Waals surface area contributed by atoms with E-state index >= 15 is 0 Å². The molecule has 0 aliphatic rings. The number of carbonyl (C=O) groups is 1. The summed E-state index contributed by atoms with van der Waals surface area (Å²) < 4.78 is 1.89. The molecule has 0 unspecified atom stereocenters. The van der Waals surface area contributed by atoms with Crippen molar-refractivity contribution < 1.29 is 41.5 Å². The summed E-state index contributed by atoms with van der Waals surface area (Å²) in [5.74, 6) is -1.19. The average Bonchev–Trinajstić information content (AvgIpc) is 2.33. The van der Waals surface area contributed by atoms with Crippen molar-refractivity contribution in [2.24, 2.45) is 0 Å². The highest BCUT2D eigenvalue weighted by atomic mass is 35.5. The number of quaternary nitrogens is 2. The maximum absolute atomic E-state index is 9.49. The molecule has 2 N–H and O–H groups in total. The second-order valence-corrected chi connectivity index (χ2v) is 7.25. The molecule has 0 aromatic carbocycles. The molecule has 0 amide bonds. The number of carboxylic acid groups (broad SMARTS) is 1. The minimum absolute atomic E-state index is 0. The van der Waals surface area contributed by atoms with Gasteiger partial charge in [0.2, 0.25) is 0 Å². The molecule has 0 spiro atoms. The van der Waals surface area contributed by atoms with E-state index in [2.05, 4.69) is 48.9 Å². The SMILES string of the molecule is C=C(C)C(=O)[O-].C[N+](C)(C)CCCO.C[N+](C)(C)CCCO.[Cl-]. The maximum Gasteiger partial charge on any atom is 0.0802 e. The van der Waals surface area contributed by atoms with Crippen molar-refractivity contribution in [2.75, 3.05) is 68.6 Å². The fourth-order valence-corrected chi connectivity index (χ4v) is 1.09. The highest BCUT2D eigenvalue weighted by Gasteiger charge is 2.04. The summed E-state index contributed by atoms with van der Waals surface area (Å²) >= 11 is 0. The molecule has 0 aliphatic carbocycles. The highest BCUT2D eigenvalue weighted by Crippen LogP contribution is 1.91. The van der Waals surface area contributed by atoms with Gasteiger partial charge in [0.1, 0.15) is 0 Å². The van der Waals surface area contributed by atoms with Crippen LogP contribution in [-0.2, 0) is 4.79 Å². The number of aliphatic hydroxyl groups excluding tert-OH is 2. The molecular formula is C16H37ClN2O4. The van der Waals surface area contributed by atoms with Crippen molar-refractivity contribution in [3.63, 3.8) is 0 Å². The molecule has 6 nitrogen and oxygen atoms in total. The number of aliphatic hydroxyl groups is 2. The predicted octanol–water partition coefficient (Wildman–Crippen LogP) is -3.53. The Labute approximate surface area is 148 Å². The lowest BCUT2D eigenvalue weighted by Crippen LogP contribution is -3.00. The van der Waals surface area contributed by atoms with E-state index in [9.17, 15) is 9.90 Å². The molecule has 7 heteroatoms. The van der Waals surface area contributed by atoms with Gasteiger partial charge in [0.05, 0.1) is 61.3 Å². The molecule has 0 bridgehead atoms. The minimum Gasteiger partial charge on any atom is -1.00 e. The van der Waals surface area contributed by atoms with Gasteiger partial charge in [0.15, 0.2) is 0 Å². The molecule has 23 heavy (non-hydrogen) atoms. The minimum atomic E-state index is -1.19. The van der Waals surface area contributed by atoms with Gasteiger partial charge in [-0.15, -0.1) is 0 Å². The third-order valence-corrected chi connectivity index (χ3v) is 2.32. The van der Waals surface area contributed by atoms with Gasteiger partial charge in [-0.05, 0) is 12.5 Å². The van der Waals surface area contributed by atoms with Crippen LogP contribution in [0.2, 0.25) is 0 Å². The molecule has 0 fully saturated rings. The summed E-state index contributed by atoms with van der Waals surface area (Å²) in [5.41, 5.74) is 0.0648. The first-order valence-electron chi connectivity index (χ1n) is 7.46. The number of carbonyl (C=O) groups excluding carboxylic acids is 1. The lowest BCUT2D eigenvalue weighted by atomic mass is 10.4. The van der Waals surface area contributed by atoms with Crippen molar-refractivity contribution in [2.45, 2.75) is 19.8 Å². The van der Waals surface area contributed by atoms with Crippen molar-refractivity contribution in [1.29, 1.82) is 0 Å². The topological polar surface area (TPSA) is 80.6 Å². The van der Waals surface area contributed by atoms with Crippen molar-refractivity contribution >= 4 is 5.97 Å². The van der Waals surface area contributed by atoms with Crippen molar-refractivity contribution in [3.05, 3.63) is 12.2 Å². The molecule has 0 saturated carbocycles. The van der Waals surface area contributed by atoms with Gasteiger partial charge in [-0.25, -0.2) is 0 Å². The third-order valence-electron chi connectivity index (χ3n) is 2.32. The van der Waals surface area contributed by atoms with E-state index in [4.69, 9.17) is 10.2 Å². The standard InChI is InChI=1S/2C6H16NO.C4H6O2.ClH/c2*1-7(2,3)5-4-6-8;1-3(2)4(5)6;/h2*8H,4-6H2,1-3H3;1H2,2H3,(H,5,6);1H/q2*+1;;/p-2. The number of aliphatic carboxylic acids is 1. The zero-order chi connectivity index (χ0) is 18.4. The number of carboxylic acids is 1. The Kier molecular flexibility index (Phi) is 21.3. The Hall–Kier alpha value is -0.660. The van der Waals surface area contributed by atoms with Crippen LogP contribution in [-0.4, -0.2) is 93.7 Å². The normalized spacial score (nSPS) is 10.3. The largest absolute Gasteiger partial charge is 1.00 e. The van der Waals surface area contributed by atoms with Crippen LogP contribution in [0.25, 0.3) is 0 Å². The molecule has 142 valence electrons. The van der Waals surface area contributed by atoms with Gasteiger partial charge in [0.25, 0.3) is 0 Å². The Morgan fingerprint density at radius 3 is 1.17 bits per heavy atom. The number of halogens is 1. The van der Waals surface area contributed by atoms with E-state index in [1.807, 2.05) is 0 Å². The molecule has 0 aromatic rings. The zero-order valence-corrected chi connectivity index (χ0v) is 16.7. The van der Waals surface area contributed by atoms with Crippen LogP contribution in [0.5, 0.6) is 0 Å². The van der Waals surface area contributed by atoms with E-state index in [1.54, 1.807) is 0 Å². The average molecular weight is 357 g/mol. The fraction of sp³-hybridized carbons (Fsp3) is 0.812. The summed E-state index contributed by atoms with van der Waals surface area (Å²) in [4.78, 5) is 9.49. The Morgan fingerprint density at radius 1 is 0.913 bits per heavy atom. The number of hydrogen-bond donors (Lipinski definition) is 2. The van der Waals surface area contributed by atoms with E-state index < -0.39 is 5.97 Å². The summed E-state index contributed by atoms with van der Waals surface area (Å²) in [6, 6.07) is 0. The van der Waals surface area contributed by atoms with Crippen LogP contribution in [0.4, 0.5) is 0 Å². The van der Waals surface area contributed by atoms with Crippen LogP contribution in [0.1, 0.15) is 19.8 Å². The van der Waals surface area contributed by atoms with Gasteiger partial charge in [0, 0.05) is 26.1 Å². The van der Waals surface area contributed by atoms with E-state index in [1.165, 1.54) is 6.92 Å². The maximum atomic E-state index is 9.49. The van der Waals surface area contributed by atoms with Crippen LogP contribution in [0, 0.1) is 0 Å². The molecular weight excluding hydrogens is 320 g/mol. The second kappa shape index (κ2) is 16.2. The molecule has 0 aromatic heterocycles. The van der Waals surface area contributed by atoms with Crippen molar-refractivity contribution in [1.82, 2.24) is 0 Å². The van der Waals surface area contributed by atoms with Crippen LogP contribution in [0.15, 0.2) is 12.2 Å². The predicted molar refractivity (Wildman–Crippen MR) is 89.0 cm³/mol. The third kappa shape index (κ3) is 44.9. The van der Waals surface area contributed by atoms with E-state index in [-0.39, 0.29) is 18.0 Å². The van der Waals surface area contributed by atoms with Crippen LogP contribution < -0.4 is 17.5 Å². The first-order chi connectivity index (χ1) is 9.76. The van der Waals surface area contributed by atoms with Gasteiger partial charge in [-0.3, -0.25) is 0 Å². The smallest absolute Gasteiger partial charge is 0.0802 e. The van der Waals surface area contributed by atoms with Crippen LogP contribution >= 0.6 is 0 Å². The molecule has 0 radical (unpaired) electrons. The van der Waals surface area contributed by atoms with E-state index in [0.29, 0.717) is 13.2 Å². The summed E-state index contributed by atoms with van der Waals surface area (Å²) in [6.45, 7) is 7.21. The highest BCUT2D eigenvalue weighted by molar-refractivity contribution is 5.82. The fourth-order valence-electron chi connectivity index (χ4n) is 1.09. The lowest BCUT2D eigenvalue weighted by Gasteiger charge is -2.22. The molecule has 0 saturated heterocycles. The lowest BCUT2D eigenvalue weighted by molar-refractivity contribution is -0.870. The summed E-state index contributed by atoms with van der Waals surface area (Å²) in [5, 5.41) is 26.3. The van der Waals surface area contributed by atoms with Crippen molar-refractivity contribution in [3.8, 4) is 0 Å². The van der Waals surface area contributed by atoms with Gasteiger partial charge < -0.3 is 41.5 Å². The monoisotopic (exact) mass is 356 g/mol. The van der Waals surface area contributed by atoms with Gasteiger partial charge in [-0.1, -0.05) is 6.58 Å². The number of rotatable bonds is 7. The van der Waals surface area contributed by atoms with Crippen LogP contribution in [0.3, 0.4) is 0 Å². The first-order valence-corrected chi connectivity index (χ1v) is 7.46. The number of hydrogen-bond acceptors (Lipinski definition) is 4.